The molecular weight excluding hydrogens is 370 g/mol. The fourth-order valence-electron chi connectivity index (χ4n) is 4.00. The molecule has 1 aromatic heterocycles. The van der Waals surface area contributed by atoms with Crippen LogP contribution >= 0.6 is 0 Å². The highest BCUT2D eigenvalue weighted by Gasteiger charge is 2.26. The molecule has 0 spiro atoms. The van der Waals surface area contributed by atoms with E-state index in [0.29, 0.717) is 25.2 Å². The van der Waals surface area contributed by atoms with Crippen LogP contribution in [-0.2, 0) is 6.54 Å². The Morgan fingerprint density at radius 3 is 2.59 bits per heavy atom. The molecule has 1 saturated heterocycles. The zero-order valence-electron chi connectivity index (χ0n) is 16.0. The average Bonchev–Trinajstić information content (AvgIpc) is 3.16. The topological polar surface area (TPSA) is 95.7 Å². The molecule has 1 aliphatic heterocycles. The number of aromatic carboxylic acids is 1. The maximum absolute atomic E-state index is 13.1. The predicted octanol–water partition coefficient (Wildman–Crippen LogP) is 2.75. The molecule has 3 aromatic rings. The van der Waals surface area contributed by atoms with Gasteiger partial charge in [0.05, 0.1) is 29.5 Å². The summed E-state index contributed by atoms with van der Waals surface area (Å²) >= 11 is 0. The van der Waals surface area contributed by atoms with Crippen LogP contribution in [0.15, 0.2) is 48.8 Å². The zero-order chi connectivity index (χ0) is 20.4. The lowest BCUT2D eigenvalue weighted by Gasteiger charge is -2.33. The minimum atomic E-state index is -0.936. The summed E-state index contributed by atoms with van der Waals surface area (Å²) in [5.41, 5.74) is 3.57. The van der Waals surface area contributed by atoms with Gasteiger partial charge in [0.25, 0.3) is 5.91 Å². The molecule has 0 bridgehead atoms. The number of hydrogen-bond acceptors (Lipinski definition) is 4. The van der Waals surface area contributed by atoms with Gasteiger partial charge in [-0.2, -0.15) is 0 Å². The first-order chi connectivity index (χ1) is 14.1. The fourth-order valence-corrected chi connectivity index (χ4v) is 4.00. The number of nitrogens with zero attached hydrogens (tertiary/aromatic N) is 3. The molecule has 150 valence electrons. The van der Waals surface area contributed by atoms with Crippen LogP contribution < -0.4 is 0 Å². The summed E-state index contributed by atoms with van der Waals surface area (Å²) in [5.74, 6) is -0.757. The molecule has 29 heavy (non-hydrogen) atoms. The van der Waals surface area contributed by atoms with Crippen molar-refractivity contribution in [2.45, 2.75) is 25.3 Å². The van der Waals surface area contributed by atoms with Crippen LogP contribution in [0, 0.1) is 0 Å². The van der Waals surface area contributed by atoms with Crippen molar-refractivity contribution < 1.29 is 19.8 Å². The van der Waals surface area contributed by atoms with Crippen molar-refractivity contribution in [1.29, 1.82) is 0 Å². The number of aliphatic hydroxyl groups is 1. The van der Waals surface area contributed by atoms with Gasteiger partial charge >= 0.3 is 5.97 Å². The molecule has 7 heteroatoms. The molecule has 0 radical (unpaired) electrons. The molecule has 1 atom stereocenters. The largest absolute Gasteiger partial charge is 0.478 e. The van der Waals surface area contributed by atoms with Gasteiger partial charge in [0.15, 0.2) is 0 Å². The number of carboxylic acids is 1. The molecule has 1 aliphatic rings. The summed E-state index contributed by atoms with van der Waals surface area (Å²) < 4.78 is 1.86. The molecule has 1 amide bonds. The van der Waals surface area contributed by atoms with Crippen molar-refractivity contribution >= 4 is 22.9 Å². The molecule has 1 fully saturated rings. The van der Waals surface area contributed by atoms with E-state index >= 15 is 0 Å². The number of rotatable bonds is 5. The van der Waals surface area contributed by atoms with Crippen LogP contribution in [0.4, 0.5) is 0 Å². The third-order valence-electron chi connectivity index (χ3n) is 5.55. The number of carbonyl (C=O) groups excluding carboxylic acids is 1. The van der Waals surface area contributed by atoms with Gasteiger partial charge in [0, 0.05) is 31.1 Å². The van der Waals surface area contributed by atoms with E-state index in [-0.39, 0.29) is 24.0 Å². The lowest BCUT2D eigenvalue weighted by atomic mass is 9.90. The summed E-state index contributed by atoms with van der Waals surface area (Å²) in [6, 6.07) is 12.4. The Morgan fingerprint density at radius 2 is 1.86 bits per heavy atom. The normalized spacial score (nSPS) is 16.9. The van der Waals surface area contributed by atoms with Gasteiger partial charge in [0.2, 0.25) is 0 Å². The average molecular weight is 393 g/mol. The Bertz CT molecular complexity index is 1040. The second-order valence-corrected chi connectivity index (χ2v) is 7.38. The van der Waals surface area contributed by atoms with E-state index in [2.05, 4.69) is 4.98 Å². The third-order valence-corrected chi connectivity index (χ3v) is 5.55. The molecule has 2 aromatic carbocycles. The number of imidazole rings is 1. The van der Waals surface area contributed by atoms with Crippen molar-refractivity contribution in [1.82, 2.24) is 14.5 Å². The molecule has 7 nitrogen and oxygen atoms in total. The van der Waals surface area contributed by atoms with E-state index in [1.54, 1.807) is 24.5 Å². The van der Waals surface area contributed by atoms with Crippen LogP contribution in [-0.4, -0.2) is 56.2 Å². The van der Waals surface area contributed by atoms with Gasteiger partial charge in [-0.25, -0.2) is 9.78 Å². The summed E-state index contributed by atoms with van der Waals surface area (Å²) in [6.07, 6.45) is 3.55. The SMILES string of the molecule is O=C(O)c1ccc([C@@H]2CCCN(C(=O)c3ccc4c(c3)ncn4CCO)C2)cc1. The number of hydrogen-bond donors (Lipinski definition) is 2. The van der Waals surface area contributed by atoms with Crippen LogP contribution in [0.1, 0.15) is 45.0 Å². The number of aromatic nitrogens is 2. The second-order valence-electron chi connectivity index (χ2n) is 7.38. The minimum Gasteiger partial charge on any atom is -0.478 e. The van der Waals surface area contributed by atoms with E-state index in [1.165, 1.54) is 0 Å². The predicted molar refractivity (Wildman–Crippen MR) is 108 cm³/mol. The van der Waals surface area contributed by atoms with Crippen molar-refractivity contribution in [2.24, 2.45) is 0 Å². The van der Waals surface area contributed by atoms with E-state index in [1.807, 2.05) is 33.7 Å². The first kappa shape index (κ1) is 19.1. The number of fused-ring (bicyclic) bond motifs is 1. The fraction of sp³-hybridized carbons (Fsp3) is 0.318. The number of carboxylic acid groups (broad SMARTS) is 1. The number of piperidine rings is 1. The summed E-state index contributed by atoms with van der Waals surface area (Å²) in [4.78, 5) is 30.3. The van der Waals surface area contributed by atoms with Crippen LogP contribution in [0.3, 0.4) is 0 Å². The lowest BCUT2D eigenvalue weighted by molar-refractivity contribution is 0.0693. The molecule has 0 unspecified atom stereocenters. The molecule has 0 saturated carbocycles. The highest BCUT2D eigenvalue weighted by Crippen LogP contribution is 2.28. The number of likely N-dealkylation sites (tertiary alicyclic amines) is 1. The van der Waals surface area contributed by atoms with Crippen LogP contribution in [0.25, 0.3) is 11.0 Å². The van der Waals surface area contributed by atoms with Crippen LogP contribution in [0.5, 0.6) is 0 Å². The molecule has 2 heterocycles. The first-order valence-corrected chi connectivity index (χ1v) is 9.75. The Morgan fingerprint density at radius 1 is 1.10 bits per heavy atom. The number of aliphatic hydroxyl groups excluding tert-OH is 1. The van der Waals surface area contributed by atoms with Crippen molar-refractivity contribution in [3.63, 3.8) is 0 Å². The molecule has 4 rings (SSSR count). The van der Waals surface area contributed by atoms with Gasteiger partial charge < -0.3 is 19.7 Å². The summed E-state index contributed by atoms with van der Waals surface area (Å²) in [5, 5.41) is 18.2. The van der Waals surface area contributed by atoms with Crippen molar-refractivity contribution in [3.05, 3.63) is 65.5 Å². The highest BCUT2D eigenvalue weighted by atomic mass is 16.4. The van der Waals surface area contributed by atoms with E-state index in [0.717, 1.165) is 29.4 Å². The van der Waals surface area contributed by atoms with E-state index in [4.69, 9.17) is 10.2 Å². The minimum absolute atomic E-state index is 0.0181. The van der Waals surface area contributed by atoms with E-state index < -0.39 is 5.97 Å². The molecule has 0 aliphatic carbocycles. The summed E-state index contributed by atoms with van der Waals surface area (Å²) in [6.45, 7) is 1.83. The monoisotopic (exact) mass is 393 g/mol. The maximum atomic E-state index is 13.1. The maximum Gasteiger partial charge on any atom is 0.335 e. The van der Waals surface area contributed by atoms with Gasteiger partial charge in [0.1, 0.15) is 0 Å². The Labute approximate surface area is 168 Å². The van der Waals surface area contributed by atoms with Gasteiger partial charge in [-0.05, 0) is 48.7 Å². The Balaban J connectivity index is 1.51. The van der Waals surface area contributed by atoms with Gasteiger partial charge in [-0.1, -0.05) is 12.1 Å². The lowest BCUT2D eigenvalue weighted by Crippen LogP contribution is -2.39. The van der Waals surface area contributed by atoms with E-state index in [9.17, 15) is 9.59 Å². The van der Waals surface area contributed by atoms with Crippen molar-refractivity contribution in [2.75, 3.05) is 19.7 Å². The number of carbonyl (C=O) groups is 2. The highest BCUT2D eigenvalue weighted by molar-refractivity contribution is 5.97. The molecular formula is C22H23N3O4. The Hall–Kier alpha value is -3.19. The van der Waals surface area contributed by atoms with Gasteiger partial charge in [-0.15, -0.1) is 0 Å². The quantitative estimate of drug-likeness (QED) is 0.695. The van der Waals surface area contributed by atoms with Crippen LogP contribution in [0.2, 0.25) is 0 Å². The zero-order valence-corrected chi connectivity index (χ0v) is 16.0. The molecule has 2 N–H and O–H groups in total. The smallest absolute Gasteiger partial charge is 0.335 e. The van der Waals surface area contributed by atoms with Gasteiger partial charge in [-0.3, -0.25) is 4.79 Å². The number of amides is 1. The number of benzene rings is 2. The third kappa shape index (κ3) is 3.86. The first-order valence-electron chi connectivity index (χ1n) is 9.75. The summed E-state index contributed by atoms with van der Waals surface area (Å²) in [7, 11) is 0. The van der Waals surface area contributed by atoms with Crippen molar-refractivity contribution in [3.8, 4) is 0 Å². The second kappa shape index (κ2) is 8.05. The Kier molecular flexibility index (Phi) is 5.31. The standard InChI is InChI=1S/C22H23N3O4/c26-11-10-25-14-23-19-12-17(7-8-20(19)25)21(27)24-9-1-2-18(13-24)15-3-5-16(6-4-15)22(28)29/h3-8,12,14,18,26H,1-2,9-11,13H2,(H,28,29)/t18-/m1/s1.